The molecular weight excluding hydrogens is 864 g/mol. The third kappa shape index (κ3) is 6.55. The molecular formula is C64H51B2N3O2. The highest BCUT2D eigenvalue weighted by atomic mass is 16.1. The Labute approximate surface area is 417 Å². The second-order valence-electron chi connectivity index (χ2n) is 21.7. The molecule has 7 heteroatoms. The van der Waals surface area contributed by atoms with Crippen LogP contribution >= 0.6 is 0 Å². The van der Waals surface area contributed by atoms with Crippen LogP contribution in [0.1, 0.15) is 73.4 Å². The van der Waals surface area contributed by atoms with Crippen LogP contribution in [-0.4, -0.2) is 26.0 Å². The van der Waals surface area contributed by atoms with Gasteiger partial charge in [-0.3, -0.25) is 9.59 Å². The molecule has 0 amide bonds. The van der Waals surface area contributed by atoms with E-state index in [4.69, 9.17) is 0 Å². The Hall–Kier alpha value is -8.15. The van der Waals surface area contributed by atoms with E-state index in [0.29, 0.717) is 11.1 Å². The first-order valence-electron chi connectivity index (χ1n) is 24.8. The van der Waals surface area contributed by atoms with Gasteiger partial charge in [0, 0.05) is 62.3 Å². The number of rotatable bonds is 6. The molecule has 0 N–H and O–H groups in total. The van der Waals surface area contributed by atoms with Crippen molar-refractivity contribution >= 4 is 110 Å². The maximum Gasteiger partial charge on any atom is 0.252 e. The molecule has 0 saturated heterocycles. The molecule has 0 fully saturated rings. The number of para-hydroxylation sites is 2. The quantitative estimate of drug-likeness (QED) is 0.123. The molecule has 0 bridgehead atoms. The third-order valence-corrected chi connectivity index (χ3v) is 15.5. The molecule has 4 aliphatic heterocycles. The van der Waals surface area contributed by atoms with Gasteiger partial charge >= 0.3 is 0 Å². The average Bonchev–Trinajstić information content (AvgIpc) is 3.39. The molecule has 4 heterocycles. The van der Waals surface area contributed by atoms with E-state index in [1.54, 1.807) is 0 Å². The Kier molecular flexibility index (Phi) is 9.48. The van der Waals surface area contributed by atoms with Crippen molar-refractivity contribution in [3.05, 3.63) is 210 Å². The SMILES string of the molecule is CC(C)(C)c1ccc(N2c3ccccc3B3c4cccc5c4N(c4cccc2c43)c2cc(-c3ccc(C=O)cc3)cc3c2B5c2ccc(-c4ccc(C=O)cc4)cc2N3c2ccc(C(C)(C)C)cc2)cc1. The summed E-state index contributed by atoms with van der Waals surface area (Å²) in [5.41, 5.74) is 26.1. The average molecular weight is 916 g/mol. The molecule has 0 aromatic heterocycles. The molecule has 0 aliphatic carbocycles. The predicted molar refractivity (Wildman–Crippen MR) is 299 cm³/mol. The van der Waals surface area contributed by atoms with Gasteiger partial charge in [-0.2, -0.15) is 0 Å². The Morgan fingerprint density at radius 2 is 0.761 bits per heavy atom. The Morgan fingerprint density at radius 1 is 0.352 bits per heavy atom. The number of anilines is 9. The van der Waals surface area contributed by atoms with Crippen molar-refractivity contribution in [2.24, 2.45) is 0 Å². The van der Waals surface area contributed by atoms with E-state index in [1.165, 1.54) is 66.7 Å². The van der Waals surface area contributed by atoms with E-state index in [2.05, 4.69) is 208 Å². The molecule has 0 unspecified atom stereocenters. The number of benzene rings is 9. The summed E-state index contributed by atoms with van der Waals surface area (Å²) >= 11 is 0. The van der Waals surface area contributed by atoms with Gasteiger partial charge in [0.2, 0.25) is 0 Å². The Morgan fingerprint density at radius 3 is 1.31 bits per heavy atom. The van der Waals surface area contributed by atoms with Crippen LogP contribution in [0.25, 0.3) is 22.3 Å². The van der Waals surface area contributed by atoms with Gasteiger partial charge in [-0.25, -0.2) is 0 Å². The summed E-state index contributed by atoms with van der Waals surface area (Å²) in [5, 5.41) is 0. The molecule has 71 heavy (non-hydrogen) atoms. The fraction of sp³-hybridized carbons (Fsp3) is 0.125. The van der Waals surface area contributed by atoms with Gasteiger partial charge in [-0.15, -0.1) is 0 Å². The molecule has 340 valence electrons. The minimum atomic E-state index is -0.0920. The summed E-state index contributed by atoms with van der Waals surface area (Å²) in [6.45, 7) is 13.5. The maximum atomic E-state index is 12.0. The van der Waals surface area contributed by atoms with Crippen LogP contribution in [0, 0.1) is 0 Å². The molecule has 0 atom stereocenters. The number of hydrogen-bond acceptors (Lipinski definition) is 5. The van der Waals surface area contributed by atoms with E-state index in [1.807, 2.05) is 36.4 Å². The number of carbonyl (C=O) groups is 2. The fourth-order valence-corrected chi connectivity index (χ4v) is 12.0. The number of carbonyl (C=O) groups excluding carboxylic acids is 2. The minimum absolute atomic E-state index is 0.00797. The standard InChI is InChI=1S/C64H51B2N3O2/c1-63(2,3)46-26-30-48(31-27-46)67-54-14-8-7-11-50(54)65-52-12-9-13-53-62(52)69(56-16-10-15-55(67)60(56)65)59-37-45(43-23-19-41(39-71)20-24-43)36-58-61(59)66(53)51-34-25-44(42-21-17-40(38-70)18-22-42)35-57(51)68(58)49-32-28-47(29-33-49)64(4,5)6/h7-39H,1-6H3. The number of fused-ring (bicyclic) bond motifs is 8. The first kappa shape index (κ1) is 42.9. The van der Waals surface area contributed by atoms with Crippen molar-refractivity contribution in [1.82, 2.24) is 0 Å². The minimum Gasteiger partial charge on any atom is -0.312 e. The lowest BCUT2D eigenvalue weighted by Crippen LogP contribution is -2.68. The van der Waals surface area contributed by atoms with Crippen molar-refractivity contribution < 1.29 is 9.59 Å². The molecule has 4 aliphatic rings. The summed E-state index contributed by atoms with van der Waals surface area (Å²) < 4.78 is 0. The number of aldehydes is 2. The van der Waals surface area contributed by atoms with E-state index < -0.39 is 0 Å². The van der Waals surface area contributed by atoms with Gasteiger partial charge in [-0.1, -0.05) is 169 Å². The van der Waals surface area contributed by atoms with E-state index in [9.17, 15) is 9.59 Å². The van der Waals surface area contributed by atoms with Crippen molar-refractivity contribution in [1.29, 1.82) is 0 Å². The topological polar surface area (TPSA) is 43.9 Å². The Balaban J connectivity index is 1.10. The maximum absolute atomic E-state index is 12.0. The van der Waals surface area contributed by atoms with Gasteiger partial charge in [0.25, 0.3) is 13.4 Å². The number of hydrogen-bond donors (Lipinski definition) is 0. The van der Waals surface area contributed by atoms with Gasteiger partial charge in [0.1, 0.15) is 12.6 Å². The van der Waals surface area contributed by atoms with Crippen LogP contribution in [0.2, 0.25) is 0 Å². The normalized spacial score (nSPS) is 13.7. The number of nitrogens with zero attached hydrogens (tertiary/aromatic N) is 3. The van der Waals surface area contributed by atoms with Crippen molar-refractivity contribution in [3.8, 4) is 22.3 Å². The smallest absolute Gasteiger partial charge is 0.252 e. The molecule has 5 nitrogen and oxygen atoms in total. The van der Waals surface area contributed by atoms with Crippen LogP contribution in [0.15, 0.2) is 188 Å². The van der Waals surface area contributed by atoms with Crippen molar-refractivity contribution in [2.45, 2.75) is 52.4 Å². The van der Waals surface area contributed by atoms with E-state index in [0.717, 1.165) is 63.3 Å². The summed E-state index contributed by atoms with van der Waals surface area (Å²) in [5.74, 6) is 0. The Bertz CT molecular complexity index is 3660. The molecule has 0 saturated carbocycles. The van der Waals surface area contributed by atoms with Gasteiger partial charge in [0.15, 0.2) is 0 Å². The van der Waals surface area contributed by atoms with Crippen molar-refractivity contribution in [2.75, 3.05) is 14.7 Å². The zero-order valence-electron chi connectivity index (χ0n) is 40.9. The zero-order chi connectivity index (χ0) is 48.5. The predicted octanol–water partition coefficient (Wildman–Crippen LogP) is 11.9. The summed E-state index contributed by atoms with van der Waals surface area (Å²) in [7, 11) is 0. The van der Waals surface area contributed by atoms with Crippen molar-refractivity contribution in [3.63, 3.8) is 0 Å². The second kappa shape index (κ2) is 15.7. The van der Waals surface area contributed by atoms with Crippen LogP contribution < -0.4 is 47.5 Å². The lowest BCUT2D eigenvalue weighted by Gasteiger charge is -2.49. The molecule has 0 radical (unpaired) electrons. The lowest BCUT2D eigenvalue weighted by molar-refractivity contribution is 0.111. The van der Waals surface area contributed by atoms with Gasteiger partial charge in [0.05, 0.1) is 0 Å². The summed E-state index contributed by atoms with van der Waals surface area (Å²) in [4.78, 5) is 31.3. The molecule has 13 rings (SSSR count). The highest BCUT2D eigenvalue weighted by Gasteiger charge is 2.50. The fourth-order valence-electron chi connectivity index (χ4n) is 12.0. The van der Waals surface area contributed by atoms with E-state index >= 15 is 0 Å². The van der Waals surface area contributed by atoms with Gasteiger partial charge in [-0.05, 0) is 138 Å². The van der Waals surface area contributed by atoms with Crippen LogP contribution in [0.5, 0.6) is 0 Å². The highest BCUT2D eigenvalue weighted by Crippen LogP contribution is 2.49. The molecule has 9 aromatic carbocycles. The van der Waals surface area contributed by atoms with Crippen LogP contribution in [0.4, 0.5) is 51.2 Å². The van der Waals surface area contributed by atoms with E-state index in [-0.39, 0.29) is 24.3 Å². The monoisotopic (exact) mass is 915 g/mol. The summed E-state index contributed by atoms with van der Waals surface area (Å²) in [6, 6.07) is 68.8. The first-order valence-corrected chi connectivity index (χ1v) is 24.8. The summed E-state index contributed by atoms with van der Waals surface area (Å²) in [6.07, 6.45) is 1.81. The first-order chi connectivity index (χ1) is 34.4. The molecule has 9 aromatic rings. The zero-order valence-corrected chi connectivity index (χ0v) is 40.9. The lowest BCUT2D eigenvalue weighted by atomic mass is 9.29. The third-order valence-electron chi connectivity index (χ3n) is 15.5. The second-order valence-corrected chi connectivity index (χ2v) is 21.7. The largest absolute Gasteiger partial charge is 0.312 e. The van der Waals surface area contributed by atoms with Crippen LogP contribution in [0.3, 0.4) is 0 Å². The highest BCUT2D eigenvalue weighted by molar-refractivity contribution is 7.04. The van der Waals surface area contributed by atoms with Crippen LogP contribution in [-0.2, 0) is 10.8 Å². The van der Waals surface area contributed by atoms with Gasteiger partial charge < -0.3 is 14.7 Å². The molecule has 0 spiro atoms.